The van der Waals surface area contributed by atoms with Gasteiger partial charge in [0.15, 0.2) is 23.0 Å². The Morgan fingerprint density at radius 1 is 0.571 bits per heavy atom. The smallest absolute Gasteiger partial charge is 0.359 e. The Morgan fingerprint density at radius 2 is 0.905 bits per heavy atom. The molecule has 1 heterocycles. The molecule has 4 aromatic rings. The van der Waals surface area contributed by atoms with Crippen LogP contribution in [0.25, 0.3) is 5.69 Å². The van der Waals surface area contributed by atoms with Gasteiger partial charge in [-0.05, 0) is 48.5 Å². The van der Waals surface area contributed by atoms with E-state index < -0.39 is 23.2 Å². The van der Waals surface area contributed by atoms with Gasteiger partial charge in [0.05, 0.1) is 48.3 Å². The zero-order chi connectivity index (χ0) is 30.7. The minimum Gasteiger partial charge on any atom is -0.493 e. The minimum absolute atomic E-state index is 0.0669. The summed E-state index contributed by atoms with van der Waals surface area (Å²) in [7, 11) is 8.15. The van der Waals surface area contributed by atoms with E-state index in [2.05, 4.69) is 0 Å². The highest BCUT2D eigenvalue weighted by Gasteiger charge is 2.30. The van der Waals surface area contributed by atoms with Gasteiger partial charge in [0.1, 0.15) is 0 Å². The molecule has 0 saturated heterocycles. The molecule has 0 radical (unpaired) electrons. The van der Waals surface area contributed by atoms with E-state index in [1.54, 1.807) is 0 Å². The minimum atomic E-state index is -1.12. The summed E-state index contributed by atoms with van der Waals surface area (Å²) in [4.78, 5) is 55.4. The Morgan fingerprint density at radius 3 is 1.19 bits per heavy atom. The summed E-state index contributed by atoms with van der Waals surface area (Å²) < 4.78 is 33.4. The maximum atomic E-state index is 14.0. The average Bonchev–Trinajstić information content (AvgIpc) is 3.28. The van der Waals surface area contributed by atoms with E-state index in [-0.39, 0.29) is 51.3 Å². The fourth-order valence-electron chi connectivity index (χ4n) is 4.26. The predicted octanol–water partition coefficient (Wildman–Crippen LogP) is 2.88. The SMILES string of the molecule is COc1cc(C(=O)n2c(=O)n(-c3ccc(Cl)cc3)c(=O)n2C(=O)c2cc(OC)c(OC)c(OC)c2)cc(OC)c1OC. The Labute approximate surface area is 243 Å². The van der Waals surface area contributed by atoms with E-state index in [0.29, 0.717) is 19.0 Å². The van der Waals surface area contributed by atoms with Gasteiger partial charge >= 0.3 is 11.4 Å². The van der Waals surface area contributed by atoms with Crippen molar-refractivity contribution in [2.75, 3.05) is 42.7 Å². The van der Waals surface area contributed by atoms with Crippen LogP contribution in [0.1, 0.15) is 20.7 Å². The summed E-state index contributed by atoms with van der Waals surface area (Å²) >= 11 is 5.99. The van der Waals surface area contributed by atoms with Crippen LogP contribution in [0.3, 0.4) is 0 Å². The van der Waals surface area contributed by atoms with Crippen molar-refractivity contribution in [2.45, 2.75) is 0 Å². The van der Waals surface area contributed by atoms with E-state index in [4.69, 9.17) is 40.0 Å². The molecule has 0 bridgehead atoms. The number of carbonyl (C=O) groups excluding carboxylic acids is 2. The van der Waals surface area contributed by atoms with Crippen LogP contribution < -0.4 is 39.8 Å². The molecule has 0 N–H and O–H groups in total. The summed E-state index contributed by atoms with van der Waals surface area (Å²) in [5.74, 6) is -1.27. The summed E-state index contributed by atoms with van der Waals surface area (Å²) in [5.41, 5.74) is -2.47. The molecule has 220 valence electrons. The lowest BCUT2D eigenvalue weighted by Crippen LogP contribution is -2.37. The quantitative estimate of drug-likeness (QED) is 0.282. The predicted molar refractivity (Wildman–Crippen MR) is 151 cm³/mol. The average molecular weight is 600 g/mol. The van der Waals surface area contributed by atoms with Crippen molar-refractivity contribution in [1.82, 2.24) is 13.9 Å². The van der Waals surface area contributed by atoms with Crippen molar-refractivity contribution in [3.63, 3.8) is 0 Å². The van der Waals surface area contributed by atoms with Gasteiger partial charge in [0, 0.05) is 16.1 Å². The number of carbonyl (C=O) groups is 2. The van der Waals surface area contributed by atoms with E-state index in [0.717, 1.165) is 0 Å². The van der Waals surface area contributed by atoms with Gasteiger partial charge in [0.2, 0.25) is 11.5 Å². The third-order valence-corrected chi connectivity index (χ3v) is 6.49. The molecule has 0 aliphatic rings. The van der Waals surface area contributed by atoms with Crippen LogP contribution in [0.15, 0.2) is 58.1 Å². The van der Waals surface area contributed by atoms with Gasteiger partial charge < -0.3 is 28.4 Å². The molecule has 1 aromatic heterocycles. The van der Waals surface area contributed by atoms with Gasteiger partial charge in [-0.25, -0.2) is 14.2 Å². The van der Waals surface area contributed by atoms with E-state index >= 15 is 0 Å². The van der Waals surface area contributed by atoms with Crippen molar-refractivity contribution < 1.29 is 38.0 Å². The molecule has 0 atom stereocenters. The van der Waals surface area contributed by atoms with E-state index in [1.807, 2.05) is 0 Å². The molecule has 42 heavy (non-hydrogen) atoms. The van der Waals surface area contributed by atoms with Gasteiger partial charge in [-0.1, -0.05) is 11.6 Å². The largest absolute Gasteiger partial charge is 0.493 e. The van der Waals surface area contributed by atoms with Crippen molar-refractivity contribution in [3.8, 4) is 40.2 Å². The van der Waals surface area contributed by atoms with Gasteiger partial charge in [0.25, 0.3) is 11.8 Å². The van der Waals surface area contributed by atoms with Gasteiger partial charge in [-0.15, -0.1) is 0 Å². The fourth-order valence-corrected chi connectivity index (χ4v) is 4.39. The molecule has 14 heteroatoms. The zero-order valence-corrected chi connectivity index (χ0v) is 24.2. The lowest BCUT2D eigenvalue weighted by Gasteiger charge is -2.15. The molecule has 0 unspecified atom stereocenters. The second kappa shape index (κ2) is 12.1. The van der Waals surface area contributed by atoms with Gasteiger partial charge in [-0.3, -0.25) is 9.59 Å². The highest BCUT2D eigenvalue weighted by Crippen LogP contribution is 2.39. The first kappa shape index (κ1) is 29.8. The molecule has 13 nitrogen and oxygen atoms in total. The zero-order valence-electron chi connectivity index (χ0n) is 23.4. The number of nitrogens with zero attached hydrogens (tertiary/aromatic N) is 3. The van der Waals surface area contributed by atoms with Crippen LogP contribution in [0.4, 0.5) is 0 Å². The van der Waals surface area contributed by atoms with Crippen LogP contribution >= 0.6 is 11.6 Å². The number of ether oxygens (including phenoxy) is 6. The molecule has 0 aliphatic carbocycles. The molecule has 0 saturated carbocycles. The Balaban J connectivity index is 2.03. The van der Waals surface area contributed by atoms with Crippen LogP contribution in [-0.2, 0) is 0 Å². The molecule has 0 fully saturated rings. The van der Waals surface area contributed by atoms with Crippen LogP contribution in [0, 0.1) is 0 Å². The normalized spacial score (nSPS) is 10.6. The first-order valence-electron chi connectivity index (χ1n) is 12.1. The Hall–Kier alpha value is -5.17. The van der Waals surface area contributed by atoms with Crippen molar-refractivity contribution >= 4 is 23.4 Å². The third kappa shape index (κ3) is 5.05. The number of rotatable bonds is 9. The lowest BCUT2D eigenvalue weighted by atomic mass is 10.1. The molecular formula is C28H26ClN3O10. The van der Waals surface area contributed by atoms with Crippen molar-refractivity contribution in [3.05, 3.63) is 85.6 Å². The second-order valence-corrected chi connectivity index (χ2v) is 8.88. The standard InChI is InChI=1S/C28H26ClN3O10/c1-37-19-11-15(12-20(38-2)23(19)41-5)25(33)31-27(35)30(18-9-7-17(29)8-10-18)28(36)32(31)26(34)16-13-21(39-3)24(42-6)22(14-16)40-4/h7-14H,1-6H3. The molecule has 3 aromatic carbocycles. The monoisotopic (exact) mass is 599 g/mol. The topological polar surface area (TPSA) is 138 Å². The summed E-state index contributed by atoms with van der Waals surface area (Å²) in [6, 6.07) is 10.8. The first-order chi connectivity index (χ1) is 20.1. The van der Waals surface area contributed by atoms with Crippen LogP contribution in [0.2, 0.25) is 5.02 Å². The number of halogens is 1. The lowest BCUT2D eigenvalue weighted by molar-refractivity contribution is 0.0840. The molecule has 4 rings (SSSR count). The van der Waals surface area contributed by atoms with Gasteiger partial charge in [-0.2, -0.15) is 9.36 Å². The Bertz CT molecular complexity index is 1630. The van der Waals surface area contributed by atoms with Crippen LogP contribution in [-0.4, -0.2) is 68.4 Å². The second-order valence-electron chi connectivity index (χ2n) is 8.44. The fraction of sp³-hybridized carbons (Fsp3) is 0.214. The van der Waals surface area contributed by atoms with Crippen molar-refractivity contribution in [1.29, 1.82) is 0 Å². The number of methoxy groups -OCH3 is 6. The highest BCUT2D eigenvalue weighted by molar-refractivity contribution is 6.30. The maximum absolute atomic E-state index is 14.0. The number of hydrogen-bond donors (Lipinski definition) is 0. The summed E-state index contributed by atoms with van der Waals surface area (Å²) in [6.07, 6.45) is 0. The van der Waals surface area contributed by atoms with E-state index in [9.17, 15) is 19.2 Å². The maximum Gasteiger partial charge on any atom is 0.359 e. The number of hydrogen-bond acceptors (Lipinski definition) is 10. The third-order valence-electron chi connectivity index (χ3n) is 6.24. The highest BCUT2D eigenvalue weighted by atomic mass is 35.5. The molecule has 0 amide bonds. The molecular weight excluding hydrogens is 574 g/mol. The molecule has 0 aliphatic heterocycles. The van der Waals surface area contributed by atoms with Crippen molar-refractivity contribution in [2.24, 2.45) is 0 Å². The number of benzene rings is 3. The van der Waals surface area contributed by atoms with E-state index in [1.165, 1.54) is 91.2 Å². The summed E-state index contributed by atoms with van der Waals surface area (Å²) in [5, 5.41) is 0.341. The first-order valence-corrected chi connectivity index (χ1v) is 12.5. The van der Waals surface area contributed by atoms with Crippen LogP contribution in [0.5, 0.6) is 34.5 Å². The number of aromatic nitrogens is 3. The summed E-state index contributed by atoms with van der Waals surface area (Å²) in [6.45, 7) is 0. The molecule has 0 spiro atoms. The Kier molecular flexibility index (Phi) is 8.62.